The molecule has 1 aliphatic rings. The summed E-state index contributed by atoms with van der Waals surface area (Å²) in [6.07, 6.45) is -3.24. The molecule has 1 saturated heterocycles. The monoisotopic (exact) mass is 316 g/mol. The molecule has 0 saturated carbocycles. The summed E-state index contributed by atoms with van der Waals surface area (Å²) in [5.41, 5.74) is -1.59. The lowest BCUT2D eigenvalue weighted by molar-refractivity contribution is -0.156. The predicted molar refractivity (Wildman–Crippen MR) is 75.5 cm³/mol. The Morgan fingerprint density at radius 3 is 2.59 bits per heavy atom. The van der Waals surface area contributed by atoms with Crippen molar-refractivity contribution in [2.45, 2.75) is 51.4 Å². The lowest BCUT2D eigenvalue weighted by atomic mass is 10.1. The molecule has 0 bridgehead atoms. The van der Waals surface area contributed by atoms with Crippen molar-refractivity contribution in [3.05, 3.63) is 23.9 Å². The van der Waals surface area contributed by atoms with Crippen molar-refractivity contribution in [1.82, 2.24) is 4.98 Å². The zero-order valence-corrected chi connectivity index (χ0v) is 12.8. The Balaban J connectivity index is 2.22. The molecule has 0 amide bonds. The summed E-state index contributed by atoms with van der Waals surface area (Å²) in [7, 11) is 0. The summed E-state index contributed by atoms with van der Waals surface area (Å²) >= 11 is 0. The molecule has 0 aromatic carbocycles. The fourth-order valence-corrected chi connectivity index (χ4v) is 2.40. The summed E-state index contributed by atoms with van der Waals surface area (Å²) in [6, 6.07) is 3.12. The van der Waals surface area contributed by atoms with Crippen LogP contribution in [0.1, 0.15) is 39.3 Å². The average molecular weight is 316 g/mol. The first kappa shape index (κ1) is 16.6. The lowest BCUT2D eigenvalue weighted by Gasteiger charge is -2.28. The molecule has 0 aliphatic carbocycles. The number of aromatic nitrogens is 1. The van der Waals surface area contributed by atoms with E-state index in [1.54, 1.807) is 25.7 Å². The summed E-state index contributed by atoms with van der Waals surface area (Å²) < 4.78 is 43.6. The van der Waals surface area contributed by atoms with E-state index in [4.69, 9.17) is 4.74 Å². The Morgan fingerprint density at radius 2 is 2.00 bits per heavy atom. The fourth-order valence-electron chi connectivity index (χ4n) is 2.40. The minimum atomic E-state index is -4.50. The number of alkyl halides is 3. The van der Waals surface area contributed by atoms with Gasteiger partial charge < -0.3 is 9.64 Å². The standard InChI is InChI=1S/C15H19F3N2O2/c1-14(2,3)22-13(21)10-6-5-9-20(10)12-8-4-7-11(19-12)15(16,17)18/h4,7-8,10H,5-6,9H2,1-3H3. The Morgan fingerprint density at radius 1 is 1.32 bits per heavy atom. The summed E-state index contributed by atoms with van der Waals surface area (Å²) in [5, 5.41) is 0. The van der Waals surface area contributed by atoms with Gasteiger partial charge >= 0.3 is 12.1 Å². The molecule has 1 fully saturated rings. The zero-order valence-electron chi connectivity index (χ0n) is 12.8. The molecule has 2 heterocycles. The van der Waals surface area contributed by atoms with Gasteiger partial charge in [0.25, 0.3) is 0 Å². The minimum absolute atomic E-state index is 0.156. The number of halogens is 3. The number of carbonyl (C=O) groups is 1. The second kappa shape index (κ2) is 5.78. The van der Waals surface area contributed by atoms with Crippen LogP contribution in [0.4, 0.5) is 19.0 Å². The first-order valence-corrected chi connectivity index (χ1v) is 7.12. The first-order chi connectivity index (χ1) is 10.1. The van der Waals surface area contributed by atoms with Gasteiger partial charge in [-0.05, 0) is 45.7 Å². The maximum absolute atomic E-state index is 12.8. The van der Waals surface area contributed by atoms with Gasteiger partial charge in [0, 0.05) is 6.54 Å². The topological polar surface area (TPSA) is 42.4 Å². The van der Waals surface area contributed by atoms with Gasteiger partial charge in [-0.2, -0.15) is 13.2 Å². The summed E-state index contributed by atoms with van der Waals surface area (Å²) in [4.78, 5) is 17.4. The predicted octanol–water partition coefficient (Wildman–Crippen LogP) is 3.41. The van der Waals surface area contributed by atoms with Crippen molar-refractivity contribution in [2.24, 2.45) is 0 Å². The quantitative estimate of drug-likeness (QED) is 0.784. The molecular weight excluding hydrogens is 297 g/mol. The van der Waals surface area contributed by atoms with Crippen LogP contribution >= 0.6 is 0 Å². The highest BCUT2D eigenvalue weighted by Gasteiger charge is 2.37. The van der Waals surface area contributed by atoms with Crippen LogP contribution in [0.3, 0.4) is 0 Å². The second-order valence-electron chi connectivity index (χ2n) is 6.26. The van der Waals surface area contributed by atoms with Gasteiger partial charge in [-0.1, -0.05) is 6.07 Å². The van der Waals surface area contributed by atoms with Crippen LogP contribution in [-0.4, -0.2) is 29.1 Å². The van der Waals surface area contributed by atoms with E-state index >= 15 is 0 Å². The van der Waals surface area contributed by atoms with Crippen LogP contribution in [0.15, 0.2) is 18.2 Å². The molecule has 1 aliphatic heterocycles. The number of carbonyl (C=O) groups excluding carboxylic acids is 1. The first-order valence-electron chi connectivity index (χ1n) is 7.12. The number of esters is 1. The molecule has 0 radical (unpaired) electrons. The number of hydrogen-bond donors (Lipinski definition) is 0. The van der Waals surface area contributed by atoms with Crippen molar-refractivity contribution >= 4 is 11.8 Å². The van der Waals surface area contributed by atoms with Crippen molar-refractivity contribution in [2.75, 3.05) is 11.4 Å². The van der Waals surface area contributed by atoms with E-state index in [0.717, 1.165) is 6.07 Å². The van der Waals surface area contributed by atoms with Gasteiger partial charge in [-0.25, -0.2) is 9.78 Å². The summed E-state index contributed by atoms with van der Waals surface area (Å²) in [5.74, 6) is -0.271. The third-order valence-electron chi connectivity index (χ3n) is 3.25. The average Bonchev–Trinajstić information content (AvgIpc) is 2.85. The number of anilines is 1. The van der Waals surface area contributed by atoms with Gasteiger partial charge in [0.2, 0.25) is 0 Å². The molecule has 1 aromatic rings. The van der Waals surface area contributed by atoms with Crippen LogP contribution in [0.2, 0.25) is 0 Å². The Bertz CT molecular complexity index is 552. The third kappa shape index (κ3) is 3.90. The molecule has 0 spiro atoms. The van der Waals surface area contributed by atoms with E-state index in [1.165, 1.54) is 12.1 Å². The van der Waals surface area contributed by atoms with Crippen LogP contribution in [0.25, 0.3) is 0 Å². The number of hydrogen-bond acceptors (Lipinski definition) is 4. The Hall–Kier alpha value is -1.79. The number of ether oxygens (including phenoxy) is 1. The molecule has 4 nitrogen and oxygen atoms in total. The van der Waals surface area contributed by atoms with E-state index in [2.05, 4.69) is 4.98 Å². The molecule has 2 rings (SSSR count). The van der Waals surface area contributed by atoms with E-state index in [0.29, 0.717) is 19.4 Å². The van der Waals surface area contributed by atoms with Crippen molar-refractivity contribution < 1.29 is 22.7 Å². The molecule has 1 atom stereocenters. The second-order valence-corrected chi connectivity index (χ2v) is 6.26. The highest BCUT2D eigenvalue weighted by Crippen LogP contribution is 2.31. The van der Waals surface area contributed by atoms with Gasteiger partial charge in [0.05, 0.1) is 0 Å². The highest BCUT2D eigenvalue weighted by atomic mass is 19.4. The fraction of sp³-hybridized carbons (Fsp3) is 0.600. The third-order valence-corrected chi connectivity index (χ3v) is 3.25. The van der Waals surface area contributed by atoms with E-state index < -0.39 is 29.5 Å². The number of pyridine rings is 1. The molecule has 1 unspecified atom stereocenters. The van der Waals surface area contributed by atoms with E-state index in [-0.39, 0.29) is 5.82 Å². The van der Waals surface area contributed by atoms with E-state index in [9.17, 15) is 18.0 Å². The largest absolute Gasteiger partial charge is 0.458 e. The molecule has 122 valence electrons. The van der Waals surface area contributed by atoms with E-state index in [1.807, 2.05) is 0 Å². The molecular formula is C15H19F3N2O2. The summed E-state index contributed by atoms with van der Waals surface area (Å²) in [6.45, 7) is 5.75. The number of nitrogens with zero attached hydrogens (tertiary/aromatic N) is 2. The zero-order chi connectivity index (χ0) is 16.5. The maximum Gasteiger partial charge on any atom is 0.433 e. The molecule has 22 heavy (non-hydrogen) atoms. The van der Waals surface area contributed by atoms with Crippen LogP contribution in [0.5, 0.6) is 0 Å². The highest BCUT2D eigenvalue weighted by molar-refractivity contribution is 5.80. The smallest absolute Gasteiger partial charge is 0.433 e. The normalized spacial score (nSPS) is 19.4. The van der Waals surface area contributed by atoms with Gasteiger partial charge in [0.15, 0.2) is 0 Å². The van der Waals surface area contributed by atoms with Gasteiger partial charge in [-0.3, -0.25) is 0 Å². The Kier molecular flexibility index (Phi) is 4.35. The SMILES string of the molecule is CC(C)(C)OC(=O)C1CCCN1c1cccc(C(F)(F)F)n1. The molecule has 7 heteroatoms. The van der Waals surface area contributed by atoms with Crippen LogP contribution in [-0.2, 0) is 15.7 Å². The number of rotatable bonds is 2. The Labute approximate surface area is 127 Å². The minimum Gasteiger partial charge on any atom is -0.458 e. The van der Waals surface area contributed by atoms with Crippen molar-refractivity contribution in [3.8, 4) is 0 Å². The van der Waals surface area contributed by atoms with Crippen LogP contribution in [0, 0.1) is 0 Å². The van der Waals surface area contributed by atoms with Crippen molar-refractivity contribution in [3.63, 3.8) is 0 Å². The lowest BCUT2D eigenvalue weighted by Crippen LogP contribution is -2.41. The molecule has 0 N–H and O–H groups in total. The van der Waals surface area contributed by atoms with Gasteiger partial charge in [-0.15, -0.1) is 0 Å². The van der Waals surface area contributed by atoms with Crippen molar-refractivity contribution in [1.29, 1.82) is 0 Å². The molecule has 1 aromatic heterocycles. The maximum atomic E-state index is 12.8. The van der Waals surface area contributed by atoms with Crippen LogP contribution < -0.4 is 4.90 Å². The van der Waals surface area contributed by atoms with Gasteiger partial charge in [0.1, 0.15) is 23.2 Å².